The van der Waals surface area contributed by atoms with Crippen LogP contribution in [-0.4, -0.2) is 49.4 Å². The average molecular weight is 271 g/mol. The van der Waals surface area contributed by atoms with Crippen LogP contribution in [0, 0.1) is 0 Å². The second-order valence-electron chi connectivity index (χ2n) is 3.58. The lowest BCUT2D eigenvalue weighted by Gasteiger charge is -2.13. The summed E-state index contributed by atoms with van der Waals surface area (Å²) in [5.41, 5.74) is 0. The Hall–Kier alpha value is -2.65. The van der Waals surface area contributed by atoms with Gasteiger partial charge in [0.15, 0.2) is 0 Å². The molecule has 0 saturated carbocycles. The average Bonchev–Trinajstić information content (AvgIpc) is 2.84. The number of hydrogen-bond donors (Lipinski definition) is 5. The van der Waals surface area contributed by atoms with Gasteiger partial charge < -0.3 is 20.8 Å². The van der Waals surface area contributed by atoms with Crippen LogP contribution in [0.1, 0.15) is 18.7 Å². The monoisotopic (exact) mass is 271 g/mol. The second kappa shape index (κ2) is 6.93. The molecule has 0 aliphatic heterocycles. The summed E-state index contributed by atoms with van der Waals surface area (Å²) in [6, 6.07) is -1.99. The lowest BCUT2D eigenvalue weighted by atomic mass is 10.1. The molecule has 2 amide bonds. The van der Waals surface area contributed by atoms with Gasteiger partial charge in [0, 0.05) is 6.42 Å². The van der Waals surface area contributed by atoms with Crippen LogP contribution in [0.4, 0.5) is 4.79 Å². The van der Waals surface area contributed by atoms with Gasteiger partial charge in [-0.15, -0.1) is 0 Å². The number of carbonyl (C=O) groups is 3. The van der Waals surface area contributed by atoms with E-state index in [0.717, 1.165) is 0 Å². The minimum atomic E-state index is -1.30. The lowest BCUT2D eigenvalue weighted by molar-refractivity contribution is -0.140. The highest BCUT2D eigenvalue weighted by Gasteiger charge is 2.20. The highest BCUT2D eigenvalue weighted by Crippen LogP contribution is 1.98. The molecule has 10 nitrogen and oxygen atoms in total. The maximum Gasteiger partial charge on any atom is 0.326 e. The van der Waals surface area contributed by atoms with E-state index < -0.39 is 24.0 Å². The summed E-state index contributed by atoms with van der Waals surface area (Å²) in [6.45, 7) is 0.0527. The number of H-pyrrole nitrogens is 1. The number of nitrogens with zero attached hydrogens (tertiary/aromatic N) is 2. The number of nitrogens with one attached hydrogen (secondary N) is 3. The Morgan fingerprint density at radius 3 is 2.63 bits per heavy atom. The van der Waals surface area contributed by atoms with E-state index in [-0.39, 0.29) is 19.4 Å². The van der Waals surface area contributed by atoms with E-state index in [9.17, 15) is 14.4 Å². The van der Waals surface area contributed by atoms with Crippen LogP contribution < -0.4 is 10.6 Å². The van der Waals surface area contributed by atoms with Crippen LogP contribution in [0.3, 0.4) is 0 Å². The number of aromatic nitrogens is 3. The molecule has 0 aliphatic rings. The maximum atomic E-state index is 11.4. The molecule has 19 heavy (non-hydrogen) atoms. The first-order valence-corrected chi connectivity index (χ1v) is 5.32. The molecular formula is C9H13N5O5. The van der Waals surface area contributed by atoms with E-state index in [1.807, 2.05) is 0 Å². The molecule has 1 atom stereocenters. The molecule has 104 valence electrons. The molecule has 1 heterocycles. The van der Waals surface area contributed by atoms with Gasteiger partial charge in [0.05, 0.1) is 6.54 Å². The number of hydrogen-bond acceptors (Lipinski definition) is 5. The summed E-state index contributed by atoms with van der Waals surface area (Å²) in [6.07, 6.45) is 0.724. The van der Waals surface area contributed by atoms with Crippen LogP contribution in [0.25, 0.3) is 0 Å². The summed E-state index contributed by atoms with van der Waals surface area (Å²) < 4.78 is 0. The van der Waals surface area contributed by atoms with Crippen molar-refractivity contribution in [2.24, 2.45) is 0 Å². The van der Waals surface area contributed by atoms with Crippen molar-refractivity contribution in [2.45, 2.75) is 25.4 Å². The molecule has 0 unspecified atom stereocenters. The minimum Gasteiger partial charge on any atom is -0.481 e. The van der Waals surface area contributed by atoms with Crippen molar-refractivity contribution in [3.63, 3.8) is 0 Å². The van der Waals surface area contributed by atoms with Crippen molar-refractivity contribution in [1.82, 2.24) is 25.8 Å². The fraction of sp³-hybridized carbons (Fsp3) is 0.444. The number of aliphatic carboxylic acids is 2. The number of amides is 2. The summed E-state index contributed by atoms with van der Waals surface area (Å²) in [5.74, 6) is -2.02. The number of aromatic amines is 1. The molecule has 0 radical (unpaired) electrons. The van der Waals surface area contributed by atoms with Crippen LogP contribution in [-0.2, 0) is 16.1 Å². The quantitative estimate of drug-likeness (QED) is 0.422. The molecule has 0 spiro atoms. The highest BCUT2D eigenvalue weighted by molar-refractivity contribution is 5.82. The zero-order valence-corrected chi connectivity index (χ0v) is 9.79. The van der Waals surface area contributed by atoms with Crippen molar-refractivity contribution >= 4 is 18.0 Å². The lowest BCUT2D eigenvalue weighted by Crippen LogP contribution is -2.46. The molecule has 0 aromatic carbocycles. The topological polar surface area (TPSA) is 157 Å². The van der Waals surface area contributed by atoms with Crippen molar-refractivity contribution in [2.75, 3.05) is 0 Å². The highest BCUT2D eigenvalue weighted by atomic mass is 16.4. The van der Waals surface area contributed by atoms with E-state index in [1.54, 1.807) is 0 Å². The van der Waals surface area contributed by atoms with Crippen molar-refractivity contribution in [3.8, 4) is 0 Å². The molecular weight excluding hydrogens is 258 g/mol. The van der Waals surface area contributed by atoms with Gasteiger partial charge in [-0.2, -0.15) is 5.10 Å². The van der Waals surface area contributed by atoms with E-state index in [4.69, 9.17) is 10.2 Å². The molecule has 10 heteroatoms. The zero-order valence-electron chi connectivity index (χ0n) is 9.79. The zero-order chi connectivity index (χ0) is 14.3. The number of rotatable bonds is 7. The summed E-state index contributed by atoms with van der Waals surface area (Å²) >= 11 is 0. The van der Waals surface area contributed by atoms with Gasteiger partial charge in [0.25, 0.3) is 0 Å². The third-order valence-electron chi connectivity index (χ3n) is 2.13. The standard InChI is InChI=1S/C9H13N5O5/c15-7(16)2-1-5(8(17)18)13-9(19)10-3-6-11-4-12-14-6/h4-5H,1-3H2,(H,15,16)(H,17,18)(H2,10,13,19)(H,11,12,14)/t5-/m0/s1. The molecule has 0 saturated heterocycles. The van der Waals surface area contributed by atoms with Crippen LogP contribution in [0.2, 0.25) is 0 Å². The minimum absolute atomic E-state index is 0.0527. The van der Waals surface area contributed by atoms with E-state index >= 15 is 0 Å². The summed E-state index contributed by atoms with van der Waals surface area (Å²) in [7, 11) is 0. The first kappa shape index (κ1) is 14.4. The SMILES string of the molecule is O=C(O)CC[C@H](NC(=O)NCc1ncn[nH]1)C(=O)O. The first-order chi connectivity index (χ1) is 8.99. The maximum absolute atomic E-state index is 11.4. The van der Waals surface area contributed by atoms with E-state index in [0.29, 0.717) is 5.82 Å². The molecule has 1 aromatic rings. The third kappa shape index (κ3) is 5.48. The Labute approximate surface area is 107 Å². The Balaban J connectivity index is 2.38. The van der Waals surface area contributed by atoms with Crippen molar-refractivity contribution < 1.29 is 24.6 Å². The number of urea groups is 1. The summed E-state index contributed by atoms with van der Waals surface area (Å²) in [5, 5.41) is 27.9. The molecule has 0 aliphatic carbocycles. The Kier molecular flexibility index (Phi) is 5.26. The fourth-order valence-electron chi connectivity index (χ4n) is 1.21. The first-order valence-electron chi connectivity index (χ1n) is 5.32. The van der Waals surface area contributed by atoms with Gasteiger partial charge in [-0.25, -0.2) is 14.6 Å². The fourth-order valence-corrected chi connectivity index (χ4v) is 1.21. The Bertz CT molecular complexity index is 446. The van der Waals surface area contributed by atoms with Crippen LogP contribution in [0.5, 0.6) is 0 Å². The van der Waals surface area contributed by atoms with Gasteiger partial charge in [-0.3, -0.25) is 9.89 Å². The number of carboxylic acid groups (broad SMARTS) is 2. The smallest absolute Gasteiger partial charge is 0.326 e. The Morgan fingerprint density at radius 1 is 1.37 bits per heavy atom. The van der Waals surface area contributed by atoms with Crippen molar-refractivity contribution in [1.29, 1.82) is 0 Å². The van der Waals surface area contributed by atoms with Gasteiger partial charge in [-0.1, -0.05) is 0 Å². The third-order valence-corrected chi connectivity index (χ3v) is 2.13. The van der Waals surface area contributed by atoms with Crippen LogP contribution >= 0.6 is 0 Å². The van der Waals surface area contributed by atoms with E-state index in [2.05, 4.69) is 25.8 Å². The molecule has 0 fully saturated rings. The molecule has 0 bridgehead atoms. The molecule has 1 rings (SSSR count). The van der Waals surface area contributed by atoms with Crippen LogP contribution in [0.15, 0.2) is 6.33 Å². The summed E-state index contributed by atoms with van der Waals surface area (Å²) in [4.78, 5) is 36.3. The van der Waals surface area contributed by atoms with Crippen molar-refractivity contribution in [3.05, 3.63) is 12.2 Å². The van der Waals surface area contributed by atoms with Gasteiger partial charge in [-0.05, 0) is 6.42 Å². The number of carbonyl (C=O) groups excluding carboxylic acids is 1. The van der Waals surface area contributed by atoms with E-state index in [1.165, 1.54) is 6.33 Å². The molecule has 5 N–H and O–H groups in total. The second-order valence-corrected chi connectivity index (χ2v) is 3.58. The predicted octanol–water partition coefficient (Wildman–Crippen LogP) is -1.08. The molecule has 1 aromatic heterocycles. The van der Waals surface area contributed by atoms with Gasteiger partial charge in [0.2, 0.25) is 0 Å². The van der Waals surface area contributed by atoms with Gasteiger partial charge >= 0.3 is 18.0 Å². The normalized spacial score (nSPS) is 11.6. The predicted molar refractivity (Wildman–Crippen MR) is 60.0 cm³/mol. The van der Waals surface area contributed by atoms with Gasteiger partial charge in [0.1, 0.15) is 18.2 Å². The Morgan fingerprint density at radius 2 is 2.11 bits per heavy atom. The largest absolute Gasteiger partial charge is 0.481 e. The number of carboxylic acids is 2.